The summed E-state index contributed by atoms with van der Waals surface area (Å²) in [6, 6.07) is 0. The van der Waals surface area contributed by atoms with E-state index in [1.165, 1.54) is 32.5 Å². The van der Waals surface area contributed by atoms with Crippen molar-refractivity contribution in [3.63, 3.8) is 0 Å². The Morgan fingerprint density at radius 3 is 2.88 bits per heavy atom. The van der Waals surface area contributed by atoms with Gasteiger partial charge in [0.25, 0.3) is 0 Å². The predicted molar refractivity (Wildman–Crippen MR) is 68.7 cm³/mol. The van der Waals surface area contributed by atoms with Gasteiger partial charge in [0.2, 0.25) is 0 Å². The summed E-state index contributed by atoms with van der Waals surface area (Å²) in [6.07, 6.45) is 2.59. The van der Waals surface area contributed by atoms with Crippen molar-refractivity contribution in [2.24, 2.45) is 11.8 Å². The quantitative estimate of drug-likeness (QED) is 0.639. The Morgan fingerprint density at radius 1 is 1.38 bits per heavy atom. The minimum absolute atomic E-state index is 0.765. The van der Waals surface area contributed by atoms with E-state index in [0.717, 1.165) is 31.5 Å². The largest absolute Gasteiger partial charge is 0.384 e. The number of nitrogens with one attached hydrogen (secondary N) is 1. The van der Waals surface area contributed by atoms with Crippen LogP contribution in [0.5, 0.6) is 0 Å². The summed E-state index contributed by atoms with van der Waals surface area (Å²) < 4.78 is 5.20. The summed E-state index contributed by atoms with van der Waals surface area (Å²) in [5, 5.41) is 3.52. The van der Waals surface area contributed by atoms with Crippen LogP contribution in [-0.4, -0.2) is 51.3 Å². The van der Waals surface area contributed by atoms with Gasteiger partial charge in [-0.3, -0.25) is 0 Å². The van der Waals surface area contributed by atoms with E-state index >= 15 is 0 Å². The Kier molecular flexibility index (Phi) is 7.01. The zero-order valence-corrected chi connectivity index (χ0v) is 11.2. The fourth-order valence-corrected chi connectivity index (χ4v) is 2.24. The van der Waals surface area contributed by atoms with E-state index in [1.54, 1.807) is 7.11 Å². The average molecular weight is 228 g/mol. The maximum absolute atomic E-state index is 5.20. The van der Waals surface area contributed by atoms with E-state index in [2.05, 4.69) is 24.1 Å². The minimum Gasteiger partial charge on any atom is -0.384 e. The molecule has 0 amide bonds. The third kappa shape index (κ3) is 5.83. The van der Waals surface area contributed by atoms with Gasteiger partial charge in [-0.15, -0.1) is 0 Å². The highest BCUT2D eigenvalue weighted by atomic mass is 16.5. The van der Waals surface area contributed by atoms with Crippen molar-refractivity contribution in [3.05, 3.63) is 0 Å². The molecule has 1 unspecified atom stereocenters. The molecule has 0 radical (unpaired) electrons. The molecule has 0 bridgehead atoms. The van der Waals surface area contributed by atoms with Gasteiger partial charge < -0.3 is 15.0 Å². The molecular weight excluding hydrogens is 200 g/mol. The number of ether oxygens (including phenoxy) is 1. The standard InChI is InChI=1S/C13H28N2O/c1-12(2)4-6-14-7-9-15-8-5-13(10-15)11-16-3/h12-14H,4-11H2,1-3H3. The monoisotopic (exact) mass is 228 g/mol. The maximum Gasteiger partial charge on any atom is 0.0503 e. The van der Waals surface area contributed by atoms with Gasteiger partial charge in [-0.25, -0.2) is 0 Å². The number of hydrogen-bond acceptors (Lipinski definition) is 3. The topological polar surface area (TPSA) is 24.5 Å². The van der Waals surface area contributed by atoms with Crippen molar-refractivity contribution in [1.29, 1.82) is 0 Å². The highest BCUT2D eigenvalue weighted by molar-refractivity contribution is 4.75. The first-order valence-corrected chi connectivity index (χ1v) is 6.64. The van der Waals surface area contributed by atoms with Gasteiger partial charge in [0.15, 0.2) is 0 Å². The lowest BCUT2D eigenvalue weighted by Gasteiger charge is -2.16. The molecule has 16 heavy (non-hydrogen) atoms. The van der Waals surface area contributed by atoms with Crippen molar-refractivity contribution in [3.8, 4) is 0 Å². The van der Waals surface area contributed by atoms with E-state index in [-0.39, 0.29) is 0 Å². The fraction of sp³-hybridized carbons (Fsp3) is 1.00. The third-order valence-corrected chi connectivity index (χ3v) is 3.28. The molecule has 0 aromatic carbocycles. The van der Waals surface area contributed by atoms with Crippen molar-refractivity contribution in [1.82, 2.24) is 10.2 Å². The lowest BCUT2D eigenvalue weighted by atomic mass is 10.1. The number of nitrogens with zero attached hydrogens (tertiary/aromatic N) is 1. The van der Waals surface area contributed by atoms with Crippen molar-refractivity contribution < 1.29 is 4.74 Å². The Bertz CT molecular complexity index is 173. The van der Waals surface area contributed by atoms with Crippen LogP contribution in [0.1, 0.15) is 26.7 Å². The van der Waals surface area contributed by atoms with Gasteiger partial charge >= 0.3 is 0 Å². The minimum atomic E-state index is 0.765. The SMILES string of the molecule is COCC1CCN(CCNCCC(C)C)C1. The summed E-state index contributed by atoms with van der Waals surface area (Å²) in [4.78, 5) is 2.55. The van der Waals surface area contributed by atoms with E-state index in [9.17, 15) is 0 Å². The molecule has 1 rings (SSSR count). The fourth-order valence-electron chi connectivity index (χ4n) is 2.24. The molecule has 3 heteroatoms. The van der Waals surface area contributed by atoms with Gasteiger partial charge in [-0.1, -0.05) is 13.8 Å². The Labute approximate surface area is 101 Å². The number of hydrogen-bond donors (Lipinski definition) is 1. The highest BCUT2D eigenvalue weighted by Crippen LogP contribution is 2.15. The molecule has 0 saturated carbocycles. The maximum atomic E-state index is 5.20. The zero-order valence-electron chi connectivity index (χ0n) is 11.2. The third-order valence-electron chi connectivity index (χ3n) is 3.28. The van der Waals surface area contributed by atoms with Crippen LogP contribution in [0, 0.1) is 11.8 Å². The van der Waals surface area contributed by atoms with E-state index in [4.69, 9.17) is 4.74 Å². The molecule has 1 fully saturated rings. The molecular formula is C13H28N2O. The Morgan fingerprint density at radius 2 is 2.19 bits per heavy atom. The first kappa shape index (κ1) is 13.9. The van der Waals surface area contributed by atoms with Crippen LogP contribution in [0.4, 0.5) is 0 Å². The average Bonchev–Trinajstić information content (AvgIpc) is 2.65. The van der Waals surface area contributed by atoms with Crippen LogP contribution in [0.15, 0.2) is 0 Å². The van der Waals surface area contributed by atoms with Crippen LogP contribution in [-0.2, 0) is 4.74 Å². The normalized spacial score (nSPS) is 22.1. The lowest BCUT2D eigenvalue weighted by molar-refractivity contribution is 0.153. The highest BCUT2D eigenvalue weighted by Gasteiger charge is 2.21. The first-order chi connectivity index (χ1) is 7.72. The molecule has 96 valence electrons. The van der Waals surface area contributed by atoms with Crippen LogP contribution < -0.4 is 5.32 Å². The Hall–Kier alpha value is -0.120. The lowest BCUT2D eigenvalue weighted by Crippen LogP contribution is -2.31. The van der Waals surface area contributed by atoms with Gasteiger partial charge in [-0.05, 0) is 37.8 Å². The second kappa shape index (κ2) is 8.04. The van der Waals surface area contributed by atoms with Gasteiger partial charge in [0, 0.05) is 26.7 Å². The molecule has 1 N–H and O–H groups in total. The molecule has 1 heterocycles. The van der Waals surface area contributed by atoms with Crippen molar-refractivity contribution in [2.45, 2.75) is 26.7 Å². The predicted octanol–water partition coefficient (Wildman–Crippen LogP) is 1.59. The van der Waals surface area contributed by atoms with E-state index in [0.29, 0.717) is 0 Å². The van der Waals surface area contributed by atoms with Crippen LogP contribution >= 0.6 is 0 Å². The zero-order chi connectivity index (χ0) is 11.8. The smallest absolute Gasteiger partial charge is 0.0503 e. The molecule has 1 atom stereocenters. The molecule has 0 aromatic heterocycles. The van der Waals surface area contributed by atoms with Crippen molar-refractivity contribution >= 4 is 0 Å². The van der Waals surface area contributed by atoms with Gasteiger partial charge in [0.05, 0.1) is 6.61 Å². The van der Waals surface area contributed by atoms with Gasteiger partial charge in [-0.2, -0.15) is 0 Å². The number of methoxy groups -OCH3 is 1. The first-order valence-electron chi connectivity index (χ1n) is 6.64. The number of likely N-dealkylation sites (tertiary alicyclic amines) is 1. The van der Waals surface area contributed by atoms with Crippen molar-refractivity contribution in [2.75, 3.05) is 46.4 Å². The summed E-state index contributed by atoms with van der Waals surface area (Å²) in [5.74, 6) is 1.58. The van der Waals surface area contributed by atoms with Crippen LogP contribution in [0.2, 0.25) is 0 Å². The second-order valence-electron chi connectivity index (χ2n) is 5.34. The molecule has 0 aromatic rings. The Balaban J connectivity index is 1.94. The molecule has 0 aliphatic carbocycles. The molecule has 1 aliphatic rings. The van der Waals surface area contributed by atoms with Crippen LogP contribution in [0.25, 0.3) is 0 Å². The second-order valence-corrected chi connectivity index (χ2v) is 5.34. The molecule has 1 saturated heterocycles. The van der Waals surface area contributed by atoms with E-state index < -0.39 is 0 Å². The van der Waals surface area contributed by atoms with Gasteiger partial charge in [0.1, 0.15) is 0 Å². The summed E-state index contributed by atoms with van der Waals surface area (Å²) in [5.41, 5.74) is 0. The molecule has 0 spiro atoms. The summed E-state index contributed by atoms with van der Waals surface area (Å²) in [6.45, 7) is 11.4. The van der Waals surface area contributed by atoms with E-state index in [1.807, 2.05) is 0 Å². The van der Waals surface area contributed by atoms with Crippen LogP contribution in [0.3, 0.4) is 0 Å². The number of rotatable bonds is 8. The summed E-state index contributed by atoms with van der Waals surface area (Å²) in [7, 11) is 1.80. The molecule has 1 aliphatic heterocycles. The summed E-state index contributed by atoms with van der Waals surface area (Å²) >= 11 is 0. The molecule has 3 nitrogen and oxygen atoms in total.